The quantitative estimate of drug-likeness (QED) is 0.764. The highest BCUT2D eigenvalue weighted by atomic mass is 16.5. The van der Waals surface area contributed by atoms with Crippen molar-refractivity contribution in [2.75, 3.05) is 13.7 Å². The molecule has 3 N–H and O–H groups in total. The molecular weight excluding hydrogens is 266 g/mol. The Kier molecular flexibility index (Phi) is 5.60. The molecule has 0 unspecified atom stereocenters. The third-order valence-corrected chi connectivity index (χ3v) is 3.84. The second-order valence-electron chi connectivity index (χ2n) is 5.40. The first-order valence-corrected chi connectivity index (χ1v) is 7.35. The molecule has 0 heterocycles. The monoisotopic (exact) mass is 291 g/mol. The van der Waals surface area contributed by atoms with E-state index in [1.54, 1.807) is 19.5 Å². The standard InChI is InChI=1S/C16H23N3O2.H2/c1-18-10-14(9-17)13-7-15(8-13)19-16(20)21-11-12-5-3-2-4-6-12;/h3,5-6,9-10,13,15H,2,4,7-8,11,17H2,1H3,(H,19,20);1H/b14-9+,18-10?;. The third-order valence-electron chi connectivity index (χ3n) is 3.84. The van der Waals surface area contributed by atoms with Crippen LogP contribution in [0.3, 0.4) is 0 Å². The van der Waals surface area contributed by atoms with E-state index < -0.39 is 0 Å². The van der Waals surface area contributed by atoms with Crippen molar-refractivity contribution in [2.45, 2.75) is 31.7 Å². The summed E-state index contributed by atoms with van der Waals surface area (Å²) in [5, 5.41) is 2.88. The topological polar surface area (TPSA) is 76.7 Å². The molecule has 21 heavy (non-hydrogen) atoms. The molecule has 1 fully saturated rings. The van der Waals surface area contributed by atoms with Crippen LogP contribution >= 0.6 is 0 Å². The lowest BCUT2D eigenvalue weighted by Gasteiger charge is -2.35. The van der Waals surface area contributed by atoms with Gasteiger partial charge in [-0.25, -0.2) is 4.79 Å². The van der Waals surface area contributed by atoms with Crippen molar-refractivity contribution >= 4 is 12.3 Å². The van der Waals surface area contributed by atoms with E-state index in [4.69, 9.17) is 10.5 Å². The fraction of sp³-hybridized carbons (Fsp3) is 0.500. The first kappa shape index (κ1) is 15.4. The summed E-state index contributed by atoms with van der Waals surface area (Å²) in [6, 6.07) is 0.165. The van der Waals surface area contributed by atoms with Crippen LogP contribution in [0.25, 0.3) is 0 Å². The van der Waals surface area contributed by atoms with Crippen LogP contribution in [0, 0.1) is 5.92 Å². The lowest BCUT2D eigenvalue weighted by molar-refractivity contribution is 0.140. The number of nitrogens with zero attached hydrogens (tertiary/aromatic N) is 1. The number of allylic oxidation sites excluding steroid dienone is 3. The first-order valence-electron chi connectivity index (χ1n) is 7.35. The number of amides is 1. The summed E-state index contributed by atoms with van der Waals surface area (Å²) in [4.78, 5) is 15.7. The van der Waals surface area contributed by atoms with Crippen LogP contribution in [0.2, 0.25) is 0 Å². The maximum Gasteiger partial charge on any atom is 0.407 e. The van der Waals surface area contributed by atoms with Gasteiger partial charge in [-0.3, -0.25) is 4.99 Å². The van der Waals surface area contributed by atoms with E-state index in [0.717, 1.165) is 36.8 Å². The van der Waals surface area contributed by atoms with Crippen molar-refractivity contribution in [3.63, 3.8) is 0 Å². The molecule has 2 rings (SSSR count). The summed E-state index contributed by atoms with van der Waals surface area (Å²) < 4.78 is 5.22. The van der Waals surface area contributed by atoms with Gasteiger partial charge in [0.05, 0.1) is 0 Å². The van der Waals surface area contributed by atoms with Gasteiger partial charge in [0, 0.05) is 20.7 Å². The molecule has 0 aromatic rings. The Morgan fingerprint density at radius 3 is 3.00 bits per heavy atom. The van der Waals surface area contributed by atoms with E-state index in [9.17, 15) is 4.79 Å². The largest absolute Gasteiger partial charge is 0.445 e. The van der Waals surface area contributed by atoms with Crippen molar-refractivity contribution < 1.29 is 11.0 Å². The summed E-state index contributed by atoms with van der Waals surface area (Å²) in [7, 11) is 1.73. The summed E-state index contributed by atoms with van der Waals surface area (Å²) in [6.45, 7) is 0.342. The highest BCUT2D eigenvalue weighted by molar-refractivity contribution is 5.79. The van der Waals surface area contributed by atoms with Gasteiger partial charge in [-0.15, -0.1) is 0 Å². The zero-order valence-corrected chi connectivity index (χ0v) is 12.4. The molecule has 1 saturated carbocycles. The first-order chi connectivity index (χ1) is 10.2. The van der Waals surface area contributed by atoms with E-state index in [-0.39, 0.29) is 13.6 Å². The lowest BCUT2D eigenvalue weighted by atomic mass is 9.76. The molecule has 5 nitrogen and oxygen atoms in total. The zero-order chi connectivity index (χ0) is 15.1. The summed E-state index contributed by atoms with van der Waals surface area (Å²) in [6.07, 6.45) is 13.1. The SMILES string of the molecule is CN=C/C(=C\N)C1CC(NC(=O)OCC2=CCCC=C2)C1.[HH]. The van der Waals surface area contributed by atoms with Crippen LogP contribution in [0.15, 0.2) is 40.6 Å². The van der Waals surface area contributed by atoms with Crippen molar-refractivity contribution in [1.29, 1.82) is 0 Å². The normalized spacial score (nSPS) is 25.4. The molecule has 0 aromatic heterocycles. The molecule has 0 bridgehead atoms. The number of alkyl carbamates (subject to hydrolysis) is 1. The molecule has 5 heteroatoms. The van der Waals surface area contributed by atoms with Gasteiger partial charge in [-0.2, -0.15) is 0 Å². The van der Waals surface area contributed by atoms with E-state index in [1.807, 2.05) is 6.08 Å². The van der Waals surface area contributed by atoms with Crippen molar-refractivity contribution in [3.05, 3.63) is 35.6 Å². The number of ether oxygens (including phenoxy) is 1. The number of carbonyl (C=O) groups is 1. The smallest absolute Gasteiger partial charge is 0.407 e. The zero-order valence-electron chi connectivity index (χ0n) is 12.4. The molecule has 0 radical (unpaired) electrons. The van der Waals surface area contributed by atoms with Gasteiger partial charge in [0.25, 0.3) is 0 Å². The number of carbonyl (C=O) groups excluding carboxylic acids is 1. The van der Waals surface area contributed by atoms with Gasteiger partial charge in [-0.05, 0) is 48.9 Å². The number of aliphatic imine (C=N–C) groups is 1. The Hall–Kier alpha value is -2.04. The second kappa shape index (κ2) is 7.67. The van der Waals surface area contributed by atoms with Gasteiger partial charge in [0.2, 0.25) is 0 Å². The number of nitrogens with one attached hydrogen (secondary N) is 1. The number of hydrogen-bond acceptors (Lipinski definition) is 4. The van der Waals surface area contributed by atoms with E-state index in [1.165, 1.54) is 0 Å². The van der Waals surface area contributed by atoms with Gasteiger partial charge < -0.3 is 15.8 Å². The Labute approximate surface area is 127 Å². The fourth-order valence-electron chi connectivity index (χ4n) is 2.57. The van der Waals surface area contributed by atoms with E-state index >= 15 is 0 Å². The Balaban J connectivity index is 0.00000242. The van der Waals surface area contributed by atoms with Crippen LogP contribution in [-0.2, 0) is 4.74 Å². The highest BCUT2D eigenvalue weighted by Crippen LogP contribution is 2.32. The Morgan fingerprint density at radius 2 is 2.38 bits per heavy atom. The minimum Gasteiger partial charge on any atom is -0.445 e. The minimum absolute atomic E-state index is 0. The van der Waals surface area contributed by atoms with Crippen molar-refractivity contribution in [2.24, 2.45) is 16.6 Å². The van der Waals surface area contributed by atoms with Crippen LogP contribution in [0.5, 0.6) is 0 Å². The van der Waals surface area contributed by atoms with Crippen molar-refractivity contribution in [3.8, 4) is 0 Å². The average Bonchev–Trinajstić information content (AvgIpc) is 2.47. The lowest BCUT2D eigenvalue weighted by Crippen LogP contribution is -2.45. The van der Waals surface area contributed by atoms with Crippen LogP contribution in [0.1, 0.15) is 27.1 Å². The molecule has 116 valence electrons. The van der Waals surface area contributed by atoms with Gasteiger partial charge in [0.1, 0.15) is 6.61 Å². The van der Waals surface area contributed by atoms with E-state index in [2.05, 4.69) is 22.5 Å². The molecule has 0 spiro atoms. The molecular formula is C16H25N3O2. The van der Waals surface area contributed by atoms with E-state index in [0.29, 0.717) is 12.5 Å². The summed E-state index contributed by atoms with van der Waals surface area (Å²) >= 11 is 0. The molecule has 0 aliphatic heterocycles. The maximum absolute atomic E-state index is 11.7. The number of hydrogen-bond donors (Lipinski definition) is 2. The molecule has 2 aliphatic rings. The summed E-state index contributed by atoms with van der Waals surface area (Å²) in [5.41, 5.74) is 7.66. The van der Waals surface area contributed by atoms with Crippen LogP contribution in [0.4, 0.5) is 4.79 Å². The Bertz CT molecular complexity index is 492. The third kappa shape index (κ3) is 4.48. The highest BCUT2D eigenvalue weighted by Gasteiger charge is 2.32. The predicted octanol–water partition coefficient (Wildman–Crippen LogP) is 2.56. The van der Waals surface area contributed by atoms with Gasteiger partial charge in [-0.1, -0.05) is 18.2 Å². The summed E-state index contributed by atoms with van der Waals surface area (Å²) in [5.74, 6) is 0.382. The number of rotatable bonds is 5. The average molecular weight is 291 g/mol. The predicted molar refractivity (Wildman–Crippen MR) is 86.3 cm³/mol. The molecule has 1 amide bonds. The second-order valence-corrected chi connectivity index (χ2v) is 5.40. The van der Waals surface area contributed by atoms with Crippen LogP contribution < -0.4 is 11.1 Å². The maximum atomic E-state index is 11.7. The molecule has 0 aromatic carbocycles. The number of nitrogens with two attached hydrogens (primary N) is 1. The minimum atomic E-state index is -0.347. The molecule has 2 aliphatic carbocycles. The van der Waals surface area contributed by atoms with Crippen LogP contribution in [-0.4, -0.2) is 32.0 Å². The van der Waals surface area contributed by atoms with Crippen molar-refractivity contribution in [1.82, 2.24) is 5.32 Å². The molecule has 0 saturated heterocycles. The Morgan fingerprint density at radius 1 is 1.57 bits per heavy atom. The molecule has 0 atom stereocenters. The van der Waals surface area contributed by atoms with Gasteiger partial charge in [0.15, 0.2) is 0 Å². The fourth-order valence-corrected chi connectivity index (χ4v) is 2.57. The van der Waals surface area contributed by atoms with Gasteiger partial charge >= 0.3 is 6.09 Å².